The second-order valence-electron chi connectivity index (χ2n) is 4.22. The fourth-order valence-corrected chi connectivity index (χ4v) is 3.42. The summed E-state index contributed by atoms with van der Waals surface area (Å²) >= 11 is 0. The molecule has 1 N–H and O–H groups in total. The third-order valence-electron chi connectivity index (χ3n) is 2.73. The van der Waals surface area contributed by atoms with Crippen LogP contribution in [0.1, 0.15) is 13.8 Å². The van der Waals surface area contributed by atoms with Crippen LogP contribution in [0, 0.1) is 0 Å². The van der Waals surface area contributed by atoms with Gasteiger partial charge in [-0.3, -0.25) is 9.36 Å². The predicted octanol–water partition coefficient (Wildman–Crippen LogP) is 2.79. The van der Waals surface area contributed by atoms with Crippen LogP contribution in [0.4, 0.5) is 0 Å². The molecule has 0 saturated carbocycles. The number of ether oxygens (including phenoxy) is 2. The number of methoxy groups -OCH3 is 1. The average Bonchev–Trinajstić information content (AvgIpc) is 2.47. The van der Waals surface area contributed by atoms with E-state index in [0.29, 0.717) is 11.5 Å². The number of hydrogen-bond acceptors (Lipinski definition) is 6. The summed E-state index contributed by atoms with van der Waals surface area (Å²) < 4.78 is 33.2. The minimum Gasteiger partial charge on any atom is -0.497 e. The lowest BCUT2D eigenvalue weighted by molar-refractivity contribution is -0.137. The van der Waals surface area contributed by atoms with E-state index in [1.807, 2.05) is 0 Å². The van der Waals surface area contributed by atoms with E-state index >= 15 is 0 Å². The van der Waals surface area contributed by atoms with E-state index in [2.05, 4.69) is 0 Å². The van der Waals surface area contributed by atoms with Crippen LogP contribution in [0.5, 0.6) is 11.5 Å². The first-order valence-electron chi connectivity index (χ1n) is 6.85. The normalized spacial score (nSPS) is 12.7. The number of aliphatic carboxylic acids is 1. The van der Waals surface area contributed by atoms with E-state index in [9.17, 15) is 14.5 Å². The smallest absolute Gasteiger partial charge is 0.348 e. The Bertz CT molecular complexity index is 522. The Morgan fingerprint density at radius 3 is 2.32 bits per heavy atom. The molecule has 0 amide bonds. The maximum Gasteiger partial charge on any atom is 0.348 e. The first-order chi connectivity index (χ1) is 10.5. The molecule has 0 aliphatic heterocycles. The van der Waals surface area contributed by atoms with Gasteiger partial charge >= 0.3 is 13.6 Å². The summed E-state index contributed by atoms with van der Waals surface area (Å²) in [6.07, 6.45) is 0. The maximum atomic E-state index is 12.6. The summed E-state index contributed by atoms with van der Waals surface area (Å²) in [5, 5.41) is 9.30. The molecule has 0 heterocycles. The highest BCUT2D eigenvalue weighted by atomic mass is 31.2. The monoisotopic (exact) mass is 332 g/mol. The van der Waals surface area contributed by atoms with Crippen molar-refractivity contribution in [3.8, 4) is 11.5 Å². The van der Waals surface area contributed by atoms with Crippen molar-refractivity contribution < 1.29 is 33.0 Å². The van der Waals surface area contributed by atoms with Gasteiger partial charge in [0.15, 0.2) is 5.66 Å². The van der Waals surface area contributed by atoms with Crippen molar-refractivity contribution in [2.75, 3.05) is 26.9 Å². The topological polar surface area (TPSA) is 91.3 Å². The van der Waals surface area contributed by atoms with Gasteiger partial charge in [0.05, 0.1) is 20.3 Å². The Balaban J connectivity index is 2.87. The highest BCUT2D eigenvalue weighted by Gasteiger charge is 2.42. The van der Waals surface area contributed by atoms with E-state index in [0.717, 1.165) is 0 Å². The summed E-state index contributed by atoms with van der Waals surface area (Å²) in [6, 6.07) is 6.68. The molecule has 8 heteroatoms. The first kappa shape index (κ1) is 18.5. The Morgan fingerprint density at radius 1 is 1.23 bits per heavy atom. The first-order valence-corrected chi connectivity index (χ1v) is 8.46. The van der Waals surface area contributed by atoms with E-state index < -0.39 is 19.2 Å². The standard InChI is InChI=1S/C14H21O7P/c1-4-20-22(17,21-5-2)13(14(15)16)10-19-12-8-6-7-11(9-12)18-3/h6-9,13H,4-5,10H2,1-3H3,(H,15,16). The molecule has 1 atom stereocenters. The van der Waals surface area contributed by atoms with E-state index in [1.54, 1.807) is 38.1 Å². The van der Waals surface area contributed by atoms with E-state index in [4.69, 9.17) is 18.5 Å². The van der Waals surface area contributed by atoms with Crippen LogP contribution in [-0.2, 0) is 18.4 Å². The van der Waals surface area contributed by atoms with E-state index in [1.165, 1.54) is 7.11 Å². The fourth-order valence-electron chi connectivity index (χ4n) is 1.74. The van der Waals surface area contributed by atoms with Crippen LogP contribution in [0.3, 0.4) is 0 Å². The third kappa shape index (κ3) is 5.02. The van der Waals surface area contributed by atoms with Gasteiger partial charge in [-0.05, 0) is 26.0 Å². The lowest BCUT2D eigenvalue weighted by Gasteiger charge is -2.23. The summed E-state index contributed by atoms with van der Waals surface area (Å²) in [5.41, 5.74) is -1.40. The number of benzene rings is 1. The lowest BCUT2D eigenvalue weighted by atomic mass is 10.3. The van der Waals surface area contributed by atoms with Crippen LogP contribution in [-0.4, -0.2) is 43.7 Å². The molecule has 0 saturated heterocycles. The molecule has 1 aromatic carbocycles. The number of carbonyl (C=O) groups is 1. The molecule has 7 nitrogen and oxygen atoms in total. The quantitative estimate of drug-likeness (QED) is 0.659. The van der Waals surface area contributed by atoms with Crippen LogP contribution in [0.2, 0.25) is 0 Å². The zero-order valence-corrected chi connectivity index (χ0v) is 13.7. The van der Waals surface area contributed by atoms with Crippen molar-refractivity contribution in [2.45, 2.75) is 19.5 Å². The second kappa shape index (κ2) is 8.78. The molecule has 1 aromatic rings. The van der Waals surface area contributed by atoms with Crippen LogP contribution in [0.25, 0.3) is 0 Å². The molecule has 0 aliphatic rings. The van der Waals surface area contributed by atoms with Crippen molar-refractivity contribution in [3.05, 3.63) is 24.3 Å². The SMILES string of the molecule is CCOP(=O)(OCC)C(COc1cccc(OC)c1)C(=O)O. The van der Waals surface area contributed by atoms with Gasteiger partial charge in [-0.15, -0.1) is 0 Å². The molecule has 1 rings (SSSR count). The lowest BCUT2D eigenvalue weighted by Crippen LogP contribution is -2.29. The largest absolute Gasteiger partial charge is 0.497 e. The zero-order valence-electron chi connectivity index (χ0n) is 12.9. The van der Waals surface area contributed by atoms with Gasteiger partial charge in [0.1, 0.15) is 18.1 Å². The number of carboxylic acids is 1. The molecule has 22 heavy (non-hydrogen) atoms. The fraction of sp³-hybridized carbons (Fsp3) is 0.500. The van der Waals surface area contributed by atoms with Gasteiger partial charge in [0.25, 0.3) is 0 Å². The Kier molecular flexibility index (Phi) is 7.38. The Morgan fingerprint density at radius 2 is 1.82 bits per heavy atom. The summed E-state index contributed by atoms with van der Waals surface area (Å²) in [4.78, 5) is 11.4. The van der Waals surface area contributed by atoms with Crippen molar-refractivity contribution in [1.29, 1.82) is 0 Å². The second-order valence-corrected chi connectivity index (χ2v) is 6.44. The van der Waals surface area contributed by atoms with Crippen LogP contribution < -0.4 is 9.47 Å². The average molecular weight is 332 g/mol. The van der Waals surface area contributed by atoms with Crippen molar-refractivity contribution in [1.82, 2.24) is 0 Å². The molecule has 0 bridgehead atoms. The minimum atomic E-state index is -3.80. The third-order valence-corrected chi connectivity index (χ3v) is 5.10. The molecule has 0 aromatic heterocycles. The van der Waals surface area contributed by atoms with Crippen molar-refractivity contribution in [3.63, 3.8) is 0 Å². The van der Waals surface area contributed by atoms with Crippen molar-refractivity contribution >= 4 is 13.6 Å². The predicted molar refractivity (Wildman–Crippen MR) is 80.8 cm³/mol. The molecule has 0 aliphatic carbocycles. The van der Waals surface area contributed by atoms with Crippen molar-refractivity contribution in [2.24, 2.45) is 0 Å². The van der Waals surface area contributed by atoms with E-state index in [-0.39, 0.29) is 19.8 Å². The molecule has 0 spiro atoms. The zero-order chi connectivity index (χ0) is 16.6. The van der Waals surface area contributed by atoms with Gasteiger partial charge in [-0.25, -0.2) is 0 Å². The van der Waals surface area contributed by atoms with Crippen LogP contribution >= 0.6 is 7.60 Å². The molecular formula is C14H21O7P. The maximum absolute atomic E-state index is 12.6. The van der Waals surface area contributed by atoms with Crippen LogP contribution in [0.15, 0.2) is 24.3 Å². The van der Waals surface area contributed by atoms with Gasteiger partial charge in [0.2, 0.25) is 0 Å². The summed E-state index contributed by atoms with van der Waals surface area (Å²) in [5.74, 6) is -0.319. The molecule has 0 fully saturated rings. The van der Waals surface area contributed by atoms with Gasteiger partial charge in [-0.2, -0.15) is 0 Å². The Hall–Kier alpha value is -1.56. The molecule has 0 radical (unpaired) electrons. The number of carboxylic acid groups (broad SMARTS) is 1. The van der Waals surface area contributed by atoms with Gasteiger partial charge < -0.3 is 23.6 Å². The van der Waals surface area contributed by atoms with Gasteiger partial charge in [0, 0.05) is 6.07 Å². The highest BCUT2D eigenvalue weighted by molar-refractivity contribution is 7.55. The molecular weight excluding hydrogens is 311 g/mol. The highest BCUT2D eigenvalue weighted by Crippen LogP contribution is 2.53. The minimum absolute atomic E-state index is 0.0835. The van der Waals surface area contributed by atoms with Gasteiger partial charge in [-0.1, -0.05) is 6.07 Å². The summed E-state index contributed by atoms with van der Waals surface area (Å²) in [6.45, 7) is 3.07. The molecule has 124 valence electrons. The summed E-state index contributed by atoms with van der Waals surface area (Å²) in [7, 11) is -2.29. The number of rotatable bonds is 10. The molecule has 1 unspecified atom stereocenters. The number of hydrogen-bond donors (Lipinski definition) is 1. The Labute approximate surface area is 129 Å².